The Balaban J connectivity index is 1.82. The van der Waals surface area contributed by atoms with Crippen LogP contribution in [0.15, 0.2) is 0 Å². The number of piperidine rings is 1. The summed E-state index contributed by atoms with van der Waals surface area (Å²) < 4.78 is 0. The summed E-state index contributed by atoms with van der Waals surface area (Å²) in [7, 11) is 0. The summed E-state index contributed by atoms with van der Waals surface area (Å²) in [6.07, 6.45) is 5.97. The molecule has 2 fully saturated rings. The van der Waals surface area contributed by atoms with E-state index in [0.717, 1.165) is 32.6 Å². The van der Waals surface area contributed by atoms with E-state index < -0.39 is 0 Å². The van der Waals surface area contributed by atoms with E-state index in [9.17, 15) is 4.79 Å². The third-order valence-electron chi connectivity index (χ3n) is 4.09. The number of nitrogens with two attached hydrogens (primary N) is 1. The Morgan fingerprint density at radius 3 is 2.44 bits per heavy atom. The average molecular weight is 253 g/mol. The molecule has 2 N–H and O–H groups in total. The lowest BCUT2D eigenvalue weighted by Gasteiger charge is -2.35. The molecule has 2 rings (SSSR count). The van der Waals surface area contributed by atoms with Gasteiger partial charge < -0.3 is 10.6 Å². The molecule has 0 bridgehead atoms. The molecule has 0 radical (unpaired) electrons. The van der Waals surface area contributed by atoms with Gasteiger partial charge in [0, 0.05) is 32.2 Å². The Morgan fingerprint density at radius 2 is 1.83 bits per heavy atom. The van der Waals surface area contributed by atoms with Crippen molar-refractivity contribution in [1.82, 2.24) is 9.80 Å². The Bertz CT molecular complexity index is 264. The van der Waals surface area contributed by atoms with Crippen LogP contribution < -0.4 is 5.73 Å². The zero-order valence-electron chi connectivity index (χ0n) is 11.6. The molecule has 104 valence electrons. The first-order valence-electron chi connectivity index (χ1n) is 7.41. The molecule has 0 aromatic rings. The third kappa shape index (κ3) is 3.95. The lowest BCUT2D eigenvalue weighted by atomic mass is 9.96. The largest absolute Gasteiger partial charge is 0.342 e. The zero-order valence-corrected chi connectivity index (χ0v) is 11.6. The summed E-state index contributed by atoms with van der Waals surface area (Å²) >= 11 is 0. The molecule has 0 aliphatic carbocycles. The second kappa shape index (κ2) is 6.53. The number of hydrogen-bond donors (Lipinski definition) is 1. The maximum Gasteiger partial charge on any atom is 0.236 e. The van der Waals surface area contributed by atoms with E-state index in [-0.39, 0.29) is 6.04 Å². The van der Waals surface area contributed by atoms with Gasteiger partial charge in [-0.25, -0.2) is 0 Å². The van der Waals surface area contributed by atoms with Crippen LogP contribution >= 0.6 is 0 Å². The summed E-state index contributed by atoms with van der Waals surface area (Å²) in [5, 5.41) is 0. The predicted octanol–water partition coefficient (Wildman–Crippen LogP) is 1.06. The molecule has 2 unspecified atom stereocenters. The van der Waals surface area contributed by atoms with Gasteiger partial charge in [-0.3, -0.25) is 9.69 Å². The number of carbonyl (C=O) groups excluding carboxylic acids is 1. The highest BCUT2D eigenvalue weighted by Gasteiger charge is 2.25. The van der Waals surface area contributed by atoms with Crippen molar-refractivity contribution in [3.8, 4) is 0 Å². The molecule has 4 heteroatoms. The van der Waals surface area contributed by atoms with Gasteiger partial charge in [0.2, 0.25) is 5.91 Å². The number of hydrogen-bond acceptors (Lipinski definition) is 3. The van der Waals surface area contributed by atoms with Crippen LogP contribution in [0.1, 0.15) is 39.0 Å². The molecule has 2 saturated heterocycles. The van der Waals surface area contributed by atoms with Crippen molar-refractivity contribution in [2.45, 2.75) is 45.1 Å². The molecule has 0 saturated carbocycles. The van der Waals surface area contributed by atoms with Crippen LogP contribution in [0.5, 0.6) is 0 Å². The minimum Gasteiger partial charge on any atom is -0.342 e. The summed E-state index contributed by atoms with van der Waals surface area (Å²) in [6, 6.07) is 0.241. The second-order valence-corrected chi connectivity index (χ2v) is 6.09. The minimum absolute atomic E-state index is 0.241. The maximum atomic E-state index is 12.3. The van der Waals surface area contributed by atoms with E-state index in [2.05, 4.69) is 16.7 Å². The number of nitrogens with zero attached hydrogens (tertiary/aromatic N) is 2. The van der Waals surface area contributed by atoms with Gasteiger partial charge in [-0.2, -0.15) is 0 Å². The van der Waals surface area contributed by atoms with Gasteiger partial charge in [0.15, 0.2) is 0 Å². The van der Waals surface area contributed by atoms with Crippen LogP contribution in [0.25, 0.3) is 0 Å². The van der Waals surface area contributed by atoms with Crippen LogP contribution in [0.3, 0.4) is 0 Å². The van der Waals surface area contributed by atoms with E-state index >= 15 is 0 Å². The lowest BCUT2D eigenvalue weighted by molar-refractivity contribution is -0.132. The first-order valence-corrected chi connectivity index (χ1v) is 7.41. The highest BCUT2D eigenvalue weighted by Crippen LogP contribution is 2.16. The van der Waals surface area contributed by atoms with Gasteiger partial charge in [0.1, 0.15) is 0 Å². The van der Waals surface area contributed by atoms with Crippen molar-refractivity contribution in [2.75, 3.05) is 32.7 Å². The van der Waals surface area contributed by atoms with Crippen molar-refractivity contribution in [3.63, 3.8) is 0 Å². The van der Waals surface area contributed by atoms with Gasteiger partial charge >= 0.3 is 0 Å². The molecule has 2 aliphatic heterocycles. The fourth-order valence-corrected chi connectivity index (χ4v) is 3.25. The highest BCUT2D eigenvalue weighted by atomic mass is 16.2. The van der Waals surface area contributed by atoms with Crippen LogP contribution in [0.4, 0.5) is 0 Å². The molecule has 1 amide bonds. The number of carbonyl (C=O) groups is 1. The van der Waals surface area contributed by atoms with E-state index in [1.54, 1.807) is 0 Å². The molecule has 0 spiro atoms. The number of rotatable bonds is 2. The molecular weight excluding hydrogens is 226 g/mol. The highest BCUT2D eigenvalue weighted by molar-refractivity contribution is 5.78. The van der Waals surface area contributed by atoms with Crippen LogP contribution in [0.2, 0.25) is 0 Å². The van der Waals surface area contributed by atoms with Crippen molar-refractivity contribution in [1.29, 1.82) is 0 Å². The summed E-state index contributed by atoms with van der Waals surface area (Å²) in [6.45, 7) is 6.60. The lowest BCUT2D eigenvalue weighted by Crippen LogP contribution is -2.50. The molecule has 2 aliphatic rings. The molecule has 4 nitrogen and oxygen atoms in total. The Hall–Kier alpha value is -0.610. The van der Waals surface area contributed by atoms with Crippen molar-refractivity contribution < 1.29 is 4.79 Å². The monoisotopic (exact) mass is 253 g/mol. The molecule has 18 heavy (non-hydrogen) atoms. The first kappa shape index (κ1) is 13.8. The SMILES string of the molecule is CC1CC(N)CN(CC(=O)N2CCCCCC2)C1. The van der Waals surface area contributed by atoms with Crippen molar-refractivity contribution in [3.05, 3.63) is 0 Å². The topological polar surface area (TPSA) is 49.6 Å². The van der Waals surface area contributed by atoms with Gasteiger partial charge in [0.25, 0.3) is 0 Å². The van der Waals surface area contributed by atoms with Crippen molar-refractivity contribution in [2.24, 2.45) is 11.7 Å². The Kier molecular flexibility index (Phi) is 5.01. The van der Waals surface area contributed by atoms with E-state index in [4.69, 9.17) is 5.73 Å². The van der Waals surface area contributed by atoms with Gasteiger partial charge in [-0.1, -0.05) is 19.8 Å². The van der Waals surface area contributed by atoms with Gasteiger partial charge in [-0.15, -0.1) is 0 Å². The molecular formula is C14H27N3O. The molecule has 0 aromatic heterocycles. The number of amides is 1. The summed E-state index contributed by atoms with van der Waals surface area (Å²) in [5.74, 6) is 0.920. The Labute approximate surface area is 110 Å². The maximum absolute atomic E-state index is 12.3. The molecule has 2 heterocycles. The smallest absolute Gasteiger partial charge is 0.236 e. The predicted molar refractivity (Wildman–Crippen MR) is 73.2 cm³/mol. The van der Waals surface area contributed by atoms with E-state index in [0.29, 0.717) is 18.4 Å². The quantitative estimate of drug-likeness (QED) is 0.800. The molecule has 2 atom stereocenters. The second-order valence-electron chi connectivity index (χ2n) is 6.09. The zero-order chi connectivity index (χ0) is 13.0. The van der Waals surface area contributed by atoms with Crippen molar-refractivity contribution >= 4 is 5.91 Å². The van der Waals surface area contributed by atoms with Crippen LogP contribution in [0, 0.1) is 5.92 Å². The fourth-order valence-electron chi connectivity index (χ4n) is 3.25. The van der Waals surface area contributed by atoms with E-state index in [1.165, 1.54) is 25.7 Å². The summed E-state index contributed by atoms with van der Waals surface area (Å²) in [5.41, 5.74) is 6.03. The third-order valence-corrected chi connectivity index (χ3v) is 4.09. The standard InChI is InChI=1S/C14H27N3O/c1-12-8-13(15)10-16(9-12)11-14(18)17-6-4-2-3-5-7-17/h12-13H,2-11,15H2,1H3. The van der Waals surface area contributed by atoms with Gasteiger partial charge in [-0.05, 0) is 25.2 Å². The first-order chi connectivity index (χ1) is 8.65. The van der Waals surface area contributed by atoms with Gasteiger partial charge in [0.05, 0.1) is 6.54 Å². The normalized spacial score (nSPS) is 31.1. The van der Waals surface area contributed by atoms with E-state index in [1.807, 2.05) is 0 Å². The minimum atomic E-state index is 0.241. The van der Waals surface area contributed by atoms with Crippen LogP contribution in [-0.2, 0) is 4.79 Å². The van der Waals surface area contributed by atoms with Crippen LogP contribution in [-0.4, -0.2) is 54.5 Å². The average Bonchev–Trinajstić information content (AvgIpc) is 2.55. The molecule has 0 aromatic carbocycles. The fraction of sp³-hybridized carbons (Fsp3) is 0.929. The number of likely N-dealkylation sites (tertiary alicyclic amines) is 2. The Morgan fingerprint density at radius 1 is 1.17 bits per heavy atom. The summed E-state index contributed by atoms with van der Waals surface area (Å²) in [4.78, 5) is 16.6.